The first kappa shape index (κ1) is 18.5. The summed E-state index contributed by atoms with van der Waals surface area (Å²) in [6, 6.07) is 4.30. The number of benzene rings is 1. The van der Waals surface area contributed by atoms with Crippen molar-refractivity contribution in [2.45, 2.75) is 18.9 Å². The van der Waals surface area contributed by atoms with E-state index in [0.717, 1.165) is 24.3 Å². The van der Waals surface area contributed by atoms with Crippen LogP contribution in [0.1, 0.15) is 5.56 Å². The van der Waals surface area contributed by atoms with Gasteiger partial charge in [0.1, 0.15) is 5.70 Å². The van der Waals surface area contributed by atoms with Crippen LogP contribution in [0.5, 0.6) is 0 Å². The third-order valence-corrected chi connectivity index (χ3v) is 2.49. The Balaban J connectivity index is 2.89. The van der Waals surface area contributed by atoms with E-state index in [2.05, 4.69) is 0 Å². The summed E-state index contributed by atoms with van der Waals surface area (Å²) < 4.78 is 73.9. The molecule has 0 aliphatic heterocycles. The van der Waals surface area contributed by atoms with Gasteiger partial charge in [-0.3, -0.25) is 14.9 Å². The van der Waals surface area contributed by atoms with Crippen LogP contribution in [0.3, 0.4) is 0 Å². The van der Waals surface area contributed by atoms with Crippen LogP contribution >= 0.6 is 0 Å². The second-order valence-electron chi connectivity index (χ2n) is 4.19. The van der Waals surface area contributed by atoms with Gasteiger partial charge in [0, 0.05) is 24.8 Å². The fraction of sp³-hybridized carbons (Fsp3) is 0.250. The van der Waals surface area contributed by atoms with Gasteiger partial charge >= 0.3 is 12.4 Å². The van der Waals surface area contributed by atoms with Crippen LogP contribution in [0.2, 0.25) is 0 Å². The molecule has 23 heavy (non-hydrogen) atoms. The minimum absolute atomic E-state index is 0.144. The van der Waals surface area contributed by atoms with E-state index in [9.17, 15) is 41.3 Å². The molecule has 0 atom stereocenters. The number of alkyl halides is 6. The van der Waals surface area contributed by atoms with Gasteiger partial charge in [0.15, 0.2) is 0 Å². The summed E-state index contributed by atoms with van der Waals surface area (Å²) in [7, 11) is 0. The lowest BCUT2D eigenvalue weighted by atomic mass is 10.2. The van der Waals surface area contributed by atoms with Crippen molar-refractivity contribution in [2.75, 3.05) is 0 Å². The molecule has 126 valence electrons. The van der Waals surface area contributed by atoms with E-state index >= 15 is 0 Å². The number of carbonyl (C=O) groups excluding carboxylic acids is 1. The molecular formula is C12H8F6N2O3. The summed E-state index contributed by atoms with van der Waals surface area (Å²) >= 11 is 0. The number of rotatable bonds is 5. The summed E-state index contributed by atoms with van der Waals surface area (Å²) in [6.45, 7) is -0.575. The van der Waals surface area contributed by atoms with E-state index in [1.165, 1.54) is 0 Å². The Bertz CT molecular complexity index is 619. The maximum atomic E-state index is 12.6. The molecule has 0 saturated carbocycles. The maximum absolute atomic E-state index is 12.6. The third kappa shape index (κ3) is 5.60. The van der Waals surface area contributed by atoms with E-state index in [1.54, 1.807) is 5.32 Å². The van der Waals surface area contributed by atoms with Gasteiger partial charge in [0.25, 0.3) is 11.5 Å². The Morgan fingerprint density at radius 2 is 1.61 bits per heavy atom. The van der Waals surface area contributed by atoms with E-state index in [-0.39, 0.29) is 11.3 Å². The van der Waals surface area contributed by atoms with E-state index in [4.69, 9.17) is 0 Å². The largest absolute Gasteiger partial charge is 0.454 e. The Hall–Kier alpha value is -2.59. The van der Waals surface area contributed by atoms with Crippen LogP contribution in [0.15, 0.2) is 36.0 Å². The zero-order valence-corrected chi connectivity index (χ0v) is 11.0. The lowest BCUT2D eigenvalue weighted by Crippen LogP contribution is -2.30. The van der Waals surface area contributed by atoms with Gasteiger partial charge in [-0.2, -0.15) is 26.3 Å². The van der Waals surface area contributed by atoms with Crippen LogP contribution in [-0.2, 0) is 11.3 Å². The molecule has 1 aromatic carbocycles. The highest BCUT2D eigenvalue weighted by Gasteiger charge is 2.41. The molecule has 1 aromatic rings. The van der Waals surface area contributed by atoms with Crippen molar-refractivity contribution in [2.24, 2.45) is 0 Å². The average Bonchev–Trinajstić information content (AvgIpc) is 2.41. The number of non-ortho nitro benzene ring substituents is 1. The van der Waals surface area contributed by atoms with Gasteiger partial charge < -0.3 is 5.32 Å². The Morgan fingerprint density at radius 3 is 2.00 bits per heavy atom. The minimum Gasteiger partial charge on any atom is -0.377 e. The monoisotopic (exact) mass is 342 g/mol. The van der Waals surface area contributed by atoms with Crippen molar-refractivity contribution < 1.29 is 36.1 Å². The molecule has 0 aliphatic carbocycles. The molecule has 0 fully saturated rings. The number of halogens is 6. The fourth-order valence-electron chi connectivity index (χ4n) is 1.38. The number of hydrogen-bond acceptors (Lipinski definition) is 4. The second kappa shape index (κ2) is 6.67. The molecule has 0 spiro atoms. The van der Waals surface area contributed by atoms with Gasteiger partial charge in [0.2, 0.25) is 0 Å². The van der Waals surface area contributed by atoms with Gasteiger partial charge in [-0.15, -0.1) is 0 Å². The molecule has 0 aliphatic rings. The number of hydrogen-bond donors (Lipinski definition) is 1. The topological polar surface area (TPSA) is 72.2 Å². The molecule has 0 bridgehead atoms. The van der Waals surface area contributed by atoms with Gasteiger partial charge in [-0.25, -0.2) is 0 Å². The number of ketones is 1. The molecule has 1 N–H and O–H groups in total. The molecule has 1 rings (SSSR count). The predicted octanol–water partition coefficient (Wildman–Crippen LogP) is 3.26. The number of nitro benzene ring substituents is 1. The highest BCUT2D eigenvalue weighted by Crippen LogP contribution is 2.26. The maximum Gasteiger partial charge on any atom is 0.454 e. The van der Waals surface area contributed by atoms with Crippen molar-refractivity contribution in [3.63, 3.8) is 0 Å². The summed E-state index contributed by atoms with van der Waals surface area (Å²) in [5, 5.41) is 12.1. The van der Waals surface area contributed by atoms with Crippen LogP contribution in [-0.4, -0.2) is 23.1 Å². The average molecular weight is 342 g/mol. The summed E-state index contributed by atoms with van der Waals surface area (Å²) in [5.74, 6) is -2.65. The number of nitrogens with one attached hydrogen (secondary N) is 1. The zero-order chi connectivity index (χ0) is 17.8. The first-order chi connectivity index (χ1) is 10.4. The smallest absolute Gasteiger partial charge is 0.377 e. The van der Waals surface area contributed by atoms with Crippen molar-refractivity contribution >= 4 is 11.5 Å². The van der Waals surface area contributed by atoms with Crippen molar-refractivity contribution in [1.82, 2.24) is 5.32 Å². The molecule has 5 nitrogen and oxygen atoms in total. The van der Waals surface area contributed by atoms with Gasteiger partial charge in [-0.1, -0.05) is 12.1 Å². The van der Waals surface area contributed by atoms with Crippen LogP contribution in [0.4, 0.5) is 32.0 Å². The molecular weight excluding hydrogens is 334 g/mol. The van der Waals surface area contributed by atoms with Crippen molar-refractivity contribution in [3.8, 4) is 0 Å². The van der Waals surface area contributed by atoms with Gasteiger partial charge in [-0.05, 0) is 5.56 Å². The number of nitrogens with zero attached hydrogens (tertiary/aromatic N) is 1. The van der Waals surface area contributed by atoms with E-state index < -0.39 is 41.4 Å². The van der Waals surface area contributed by atoms with Crippen LogP contribution in [0.25, 0.3) is 0 Å². The first-order valence-electron chi connectivity index (χ1n) is 5.78. The summed E-state index contributed by atoms with van der Waals surface area (Å²) in [6.07, 6.45) is -11.2. The lowest BCUT2D eigenvalue weighted by Gasteiger charge is -2.14. The summed E-state index contributed by atoms with van der Waals surface area (Å²) in [5.41, 5.74) is -2.02. The molecule has 0 heterocycles. The van der Waals surface area contributed by atoms with Crippen molar-refractivity contribution in [3.05, 3.63) is 51.7 Å². The van der Waals surface area contributed by atoms with Crippen LogP contribution < -0.4 is 5.32 Å². The highest BCUT2D eigenvalue weighted by molar-refractivity contribution is 5.95. The highest BCUT2D eigenvalue weighted by atomic mass is 19.4. The molecule has 0 saturated heterocycles. The number of carbonyl (C=O) groups is 1. The SMILES string of the molecule is O=C(/C=C(\NCc1ccc([N+](=O)[O-])cc1)C(F)(F)F)C(F)(F)F. The number of nitro groups is 1. The quantitative estimate of drug-likeness (QED) is 0.386. The molecule has 0 amide bonds. The zero-order valence-electron chi connectivity index (χ0n) is 11.0. The number of allylic oxidation sites excluding steroid dienone is 2. The Kier molecular flexibility index (Phi) is 5.35. The summed E-state index contributed by atoms with van der Waals surface area (Å²) in [4.78, 5) is 20.3. The molecule has 0 radical (unpaired) electrons. The van der Waals surface area contributed by atoms with E-state index in [0.29, 0.717) is 0 Å². The Morgan fingerprint density at radius 1 is 1.09 bits per heavy atom. The molecule has 0 unspecified atom stereocenters. The fourth-order valence-corrected chi connectivity index (χ4v) is 1.38. The van der Waals surface area contributed by atoms with Crippen LogP contribution in [0, 0.1) is 10.1 Å². The Labute approximate surface area is 124 Å². The minimum atomic E-state index is -5.43. The molecule has 11 heteroatoms. The van der Waals surface area contributed by atoms with Crippen molar-refractivity contribution in [1.29, 1.82) is 0 Å². The second-order valence-corrected chi connectivity index (χ2v) is 4.19. The molecule has 0 aromatic heterocycles. The van der Waals surface area contributed by atoms with Gasteiger partial charge in [0.05, 0.1) is 4.92 Å². The third-order valence-electron chi connectivity index (χ3n) is 2.49. The predicted molar refractivity (Wildman–Crippen MR) is 65.1 cm³/mol. The standard InChI is InChI=1S/C12H8F6N2O3/c13-11(14,15)9(5-10(21)12(16,17)18)19-6-7-1-3-8(4-2-7)20(22)23/h1-5,19H,6H2/b9-5-. The normalized spacial score (nSPS) is 12.9. The first-order valence-corrected chi connectivity index (χ1v) is 5.78. The lowest BCUT2D eigenvalue weighted by molar-refractivity contribution is -0.384. The van der Waals surface area contributed by atoms with E-state index in [1.807, 2.05) is 0 Å².